The number of hydrogen-bond donors (Lipinski definition) is 1. The van der Waals surface area contributed by atoms with Crippen LogP contribution in [0.15, 0.2) is 24.3 Å². The van der Waals surface area contributed by atoms with E-state index in [1.807, 2.05) is 6.07 Å². The third kappa shape index (κ3) is 2.66. The van der Waals surface area contributed by atoms with Crippen LogP contribution in [0.2, 0.25) is 0 Å². The molecule has 3 nitrogen and oxygen atoms in total. The molecule has 0 aliphatic rings. The predicted octanol–water partition coefficient (Wildman–Crippen LogP) is 3.38. The molecule has 2 aromatic rings. The summed E-state index contributed by atoms with van der Waals surface area (Å²) < 4.78 is 15.8. The number of halogens is 2. The van der Waals surface area contributed by atoms with Crippen LogP contribution in [0.1, 0.15) is 31.0 Å². The molecule has 5 heteroatoms. The first-order chi connectivity index (χ1) is 8.49. The monoisotopic (exact) mass is 359 g/mol. The van der Waals surface area contributed by atoms with E-state index in [1.165, 1.54) is 12.1 Å². The maximum atomic E-state index is 13.1. The van der Waals surface area contributed by atoms with Crippen molar-refractivity contribution in [1.29, 1.82) is 0 Å². The van der Waals surface area contributed by atoms with Crippen LogP contribution in [-0.2, 0) is 6.54 Å². The molecular weight excluding hydrogens is 344 g/mol. The highest BCUT2D eigenvalue weighted by molar-refractivity contribution is 14.1. The fraction of sp³-hybridized carbons (Fsp3) is 0.308. The number of aromatic nitrogens is 2. The van der Waals surface area contributed by atoms with E-state index in [-0.39, 0.29) is 5.82 Å². The minimum Gasteiger partial charge on any atom is -0.383 e. The highest BCUT2D eigenvalue weighted by Gasteiger charge is 2.15. The fourth-order valence-electron chi connectivity index (χ4n) is 1.77. The van der Waals surface area contributed by atoms with Gasteiger partial charge in [-0.25, -0.2) is 9.07 Å². The van der Waals surface area contributed by atoms with Crippen molar-refractivity contribution < 1.29 is 4.39 Å². The second-order valence-electron chi connectivity index (χ2n) is 4.53. The lowest BCUT2D eigenvalue weighted by atomic mass is 10.1. The van der Waals surface area contributed by atoms with Gasteiger partial charge in [0.15, 0.2) is 0 Å². The van der Waals surface area contributed by atoms with E-state index in [0.717, 1.165) is 14.8 Å². The van der Waals surface area contributed by atoms with E-state index in [2.05, 4.69) is 41.5 Å². The number of nitrogens with zero attached hydrogens (tertiary/aromatic N) is 2. The molecule has 0 atom stereocenters. The van der Waals surface area contributed by atoms with Crippen molar-refractivity contribution in [1.82, 2.24) is 9.78 Å². The second-order valence-corrected chi connectivity index (χ2v) is 5.61. The van der Waals surface area contributed by atoms with Crippen molar-refractivity contribution in [3.63, 3.8) is 0 Å². The number of benzene rings is 1. The summed E-state index contributed by atoms with van der Waals surface area (Å²) in [7, 11) is 0. The van der Waals surface area contributed by atoms with Crippen LogP contribution in [0.4, 0.5) is 10.2 Å². The van der Waals surface area contributed by atoms with Gasteiger partial charge in [-0.05, 0) is 46.2 Å². The van der Waals surface area contributed by atoms with Crippen molar-refractivity contribution in [2.24, 2.45) is 0 Å². The molecule has 0 aliphatic carbocycles. The molecule has 2 N–H and O–H groups in total. The molecule has 0 saturated heterocycles. The van der Waals surface area contributed by atoms with E-state index >= 15 is 0 Å². The normalized spacial score (nSPS) is 11.2. The first kappa shape index (κ1) is 13.3. The van der Waals surface area contributed by atoms with Crippen LogP contribution in [0.5, 0.6) is 0 Å². The number of hydrogen-bond acceptors (Lipinski definition) is 2. The molecule has 1 aromatic carbocycles. The van der Waals surface area contributed by atoms with Gasteiger partial charge in [0.05, 0.1) is 15.8 Å². The molecule has 18 heavy (non-hydrogen) atoms. The van der Waals surface area contributed by atoms with Crippen molar-refractivity contribution in [3.8, 4) is 0 Å². The summed E-state index contributed by atoms with van der Waals surface area (Å²) in [5, 5.41) is 4.50. The van der Waals surface area contributed by atoms with Crippen molar-refractivity contribution in [2.75, 3.05) is 5.73 Å². The Kier molecular flexibility index (Phi) is 3.89. The Hall–Kier alpha value is -1.11. The van der Waals surface area contributed by atoms with Crippen LogP contribution in [0.25, 0.3) is 0 Å². The molecule has 96 valence electrons. The Morgan fingerprint density at radius 3 is 2.72 bits per heavy atom. The van der Waals surface area contributed by atoms with Crippen molar-refractivity contribution in [2.45, 2.75) is 26.3 Å². The van der Waals surface area contributed by atoms with Gasteiger partial charge in [-0.1, -0.05) is 26.0 Å². The van der Waals surface area contributed by atoms with Crippen molar-refractivity contribution >= 4 is 28.4 Å². The summed E-state index contributed by atoms with van der Waals surface area (Å²) in [4.78, 5) is 0. The van der Waals surface area contributed by atoms with Gasteiger partial charge >= 0.3 is 0 Å². The average Bonchev–Trinajstić information content (AvgIpc) is 2.58. The average molecular weight is 359 g/mol. The van der Waals surface area contributed by atoms with E-state index in [0.29, 0.717) is 18.3 Å². The molecule has 0 unspecified atom stereocenters. The molecule has 0 spiro atoms. The standard InChI is InChI=1S/C13H15FIN3/c1-8(2)12-11(15)13(16)18(17-12)7-9-4-3-5-10(14)6-9/h3-6,8H,7,16H2,1-2H3. The van der Waals surface area contributed by atoms with Gasteiger partial charge < -0.3 is 5.73 Å². The minimum atomic E-state index is -0.239. The summed E-state index contributed by atoms with van der Waals surface area (Å²) in [5.74, 6) is 0.730. The number of nitrogen functional groups attached to an aromatic ring is 1. The quantitative estimate of drug-likeness (QED) is 0.854. The Balaban J connectivity index is 2.32. The maximum absolute atomic E-state index is 13.1. The van der Waals surface area contributed by atoms with E-state index in [1.54, 1.807) is 10.7 Å². The smallest absolute Gasteiger partial charge is 0.135 e. The molecular formula is C13H15FIN3. The molecule has 0 fully saturated rings. The topological polar surface area (TPSA) is 43.8 Å². The summed E-state index contributed by atoms with van der Waals surface area (Å²) in [6.07, 6.45) is 0. The molecule has 2 rings (SSSR count). The first-order valence-corrected chi connectivity index (χ1v) is 6.83. The molecule has 0 amide bonds. The summed E-state index contributed by atoms with van der Waals surface area (Å²) in [5.41, 5.74) is 7.87. The Morgan fingerprint density at radius 2 is 2.17 bits per heavy atom. The summed E-state index contributed by atoms with van der Waals surface area (Å²) in [6, 6.07) is 6.49. The zero-order valence-electron chi connectivity index (χ0n) is 10.3. The van der Waals surface area contributed by atoms with Gasteiger partial charge in [0, 0.05) is 0 Å². The SMILES string of the molecule is CC(C)c1nn(Cc2cccc(F)c2)c(N)c1I. The highest BCUT2D eigenvalue weighted by Crippen LogP contribution is 2.25. The lowest BCUT2D eigenvalue weighted by Crippen LogP contribution is -2.06. The van der Waals surface area contributed by atoms with E-state index in [4.69, 9.17) is 5.73 Å². The Morgan fingerprint density at radius 1 is 1.44 bits per heavy atom. The van der Waals surface area contributed by atoms with Crippen LogP contribution >= 0.6 is 22.6 Å². The van der Waals surface area contributed by atoms with E-state index in [9.17, 15) is 4.39 Å². The van der Waals surface area contributed by atoms with Crippen LogP contribution in [0.3, 0.4) is 0 Å². The first-order valence-electron chi connectivity index (χ1n) is 5.75. The van der Waals surface area contributed by atoms with Gasteiger partial charge in [-0.3, -0.25) is 0 Å². The molecule has 1 aromatic heterocycles. The molecule has 0 bridgehead atoms. The van der Waals surface area contributed by atoms with Gasteiger partial charge in [0.25, 0.3) is 0 Å². The largest absolute Gasteiger partial charge is 0.383 e. The predicted molar refractivity (Wildman–Crippen MR) is 78.9 cm³/mol. The molecule has 1 heterocycles. The number of rotatable bonds is 3. The third-order valence-electron chi connectivity index (χ3n) is 2.72. The Labute approximate surface area is 119 Å². The third-order valence-corrected chi connectivity index (χ3v) is 3.83. The van der Waals surface area contributed by atoms with Gasteiger partial charge in [-0.15, -0.1) is 0 Å². The number of anilines is 1. The molecule has 0 radical (unpaired) electrons. The van der Waals surface area contributed by atoms with E-state index < -0.39 is 0 Å². The zero-order valence-corrected chi connectivity index (χ0v) is 12.5. The zero-order chi connectivity index (χ0) is 13.3. The summed E-state index contributed by atoms with van der Waals surface area (Å²) in [6.45, 7) is 4.65. The second kappa shape index (κ2) is 5.26. The Bertz CT molecular complexity index is 563. The van der Waals surface area contributed by atoms with Crippen LogP contribution in [0, 0.1) is 9.39 Å². The van der Waals surface area contributed by atoms with Crippen molar-refractivity contribution in [3.05, 3.63) is 44.9 Å². The lowest BCUT2D eigenvalue weighted by Gasteiger charge is -2.04. The fourth-order valence-corrected chi connectivity index (χ4v) is 2.78. The molecule has 0 saturated carbocycles. The van der Waals surface area contributed by atoms with Crippen LogP contribution in [-0.4, -0.2) is 9.78 Å². The van der Waals surface area contributed by atoms with Crippen LogP contribution < -0.4 is 5.73 Å². The highest BCUT2D eigenvalue weighted by atomic mass is 127. The minimum absolute atomic E-state index is 0.239. The van der Waals surface area contributed by atoms with Gasteiger partial charge in [0.2, 0.25) is 0 Å². The summed E-state index contributed by atoms with van der Waals surface area (Å²) >= 11 is 2.21. The molecule has 0 aliphatic heterocycles. The number of nitrogens with two attached hydrogens (primary N) is 1. The van der Waals surface area contributed by atoms with Gasteiger partial charge in [0.1, 0.15) is 11.6 Å². The maximum Gasteiger partial charge on any atom is 0.135 e. The lowest BCUT2D eigenvalue weighted by molar-refractivity contribution is 0.618. The van der Waals surface area contributed by atoms with Gasteiger partial charge in [-0.2, -0.15) is 5.10 Å².